The van der Waals surface area contributed by atoms with Crippen LogP contribution in [0.5, 0.6) is 5.75 Å². The molecule has 0 aliphatic carbocycles. The maximum Gasteiger partial charge on any atom is 0.276 e. The van der Waals surface area contributed by atoms with Gasteiger partial charge in [0.15, 0.2) is 0 Å². The Labute approximate surface area is 125 Å². The van der Waals surface area contributed by atoms with Gasteiger partial charge in [0, 0.05) is 11.3 Å². The second-order valence-electron chi connectivity index (χ2n) is 4.41. The Balaban J connectivity index is 1.96. The number of hydrogen-bond donors (Lipinski definition) is 1. The number of anilines is 1. The smallest absolute Gasteiger partial charge is 0.276 e. The van der Waals surface area contributed by atoms with Crippen molar-refractivity contribution in [1.82, 2.24) is 0 Å². The number of hydrogen-bond acceptors (Lipinski definition) is 4. The van der Waals surface area contributed by atoms with Gasteiger partial charge in [-0.2, -0.15) is 0 Å². The lowest BCUT2D eigenvalue weighted by molar-refractivity contribution is 0.349. The molecule has 2 aromatic carbocycles. The van der Waals surface area contributed by atoms with Gasteiger partial charge in [0.05, 0.1) is 11.3 Å². The van der Waals surface area contributed by atoms with Crippen molar-refractivity contribution in [2.75, 3.05) is 4.72 Å². The first-order valence-electron chi connectivity index (χ1n) is 6.11. The van der Waals surface area contributed by atoms with E-state index in [4.69, 9.17) is 4.74 Å². The number of ether oxygens (including phenoxy) is 1. The third-order valence-corrected chi connectivity index (χ3v) is 5.18. The molecule has 0 saturated carbocycles. The van der Waals surface area contributed by atoms with Gasteiger partial charge in [-0.1, -0.05) is 30.3 Å². The van der Waals surface area contributed by atoms with Crippen LogP contribution in [0.4, 0.5) is 5.69 Å². The van der Waals surface area contributed by atoms with Gasteiger partial charge in [0.25, 0.3) is 15.5 Å². The lowest BCUT2D eigenvalue weighted by atomic mass is 10.2. The second-order valence-corrected chi connectivity index (χ2v) is 6.74. The molecule has 7 heteroatoms. The van der Waals surface area contributed by atoms with Crippen molar-refractivity contribution in [2.24, 2.45) is 0 Å². The molecule has 0 saturated heterocycles. The molecular formula is C14H11NO4S2. The van der Waals surface area contributed by atoms with Gasteiger partial charge in [-0.05, 0) is 24.3 Å². The van der Waals surface area contributed by atoms with Gasteiger partial charge in [0.2, 0.25) is 0 Å². The number of para-hydroxylation sites is 2. The average Bonchev–Trinajstić information content (AvgIpc) is 2.87. The van der Waals surface area contributed by atoms with Crippen LogP contribution < -0.4 is 9.46 Å². The van der Waals surface area contributed by atoms with E-state index in [1.165, 1.54) is 0 Å². The molecule has 0 bridgehead atoms. The maximum absolute atomic E-state index is 12.4. The van der Waals surface area contributed by atoms with Gasteiger partial charge in [-0.3, -0.25) is 4.72 Å². The zero-order chi connectivity index (χ0) is 14.9. The molecule has 108 valence electrons. The van der Waals surface area contributed by atoms with Crippen molar-refractivity contribution in [3.63, 3.8) is 0 Å². The Morgan fingerprint density at radius 2 is 1.67 bits per heavy atom. The van der Waals surface area contributed by atoms with Crippen LogP contribution in [0.15, 0.2) is 54.6 Å². The molecule has 1 aliphatic rings. The van der Waals surface area contributed by atoms with Crippen LogP contribution in [-0.4, -0.2) is 22.9 Å². The summed E-state index contributed by atoms with van der Waals surface area (Å²) in [6.45, 7) is 0. The molecule has 1 atom stereocenters. The van der Waals surface area contributed by atoms with E-state index in [0.29, 0.717) is 17.0 Å². The first kappa shape index (κ1) is 13.8. The first-order valence-corrected chi connectivity index (χ1v) is 8.40. The van der Waals surface area contributed by atoms with Crippen molar-refractivity contribution >= 4 is 31.8 Å². The van der Waals surface area contributed by atoms with E-state index in [2.05, 4.69) is 4.72 Å². The highest BCUT2D eigenvalue weighted by Crippen LogP contribution is 2.31. The van der Waals surface area contributed by atoms with E-state index in [1.54, 1.807) is 54.6 Å². The fraction of sp³-hybridized carbons (Fsp3) is 0.0714. The summed E-state index contributed by atoms with van der Waals surface area (Å²) in [5.41, 5.74) is -0.370. The summed E-state index contributed by atoms with van der Waals surface area (Å²) in [4.78, 5) is 0.147. The zero-order valence-corrected chi connectivity index (χ0v) is 12.4. The molecule has 1 unspecified atom stereocenters. The predicted molar refractivity (Wildman–Crippen MR) is 82.1 cm³/mol. The molecule has 0 fully saturated rings. The zero-order valence-electron chi connectivity index (χ0n) is 10.7. The molecular weight excluding hydrogens is 310 g/mol. The highest BCUT2D eigenvalue weighted by Gasteiger charge is 2.40. The fourth-order valence-electron chi connectivity index (χ4n) is 2.08. The molecule has 21 heavy (non-hydrogen) atoms. The van der Waals surface area contributed by atoms with Crippen LogP contribution in [0.1, 0.15) is 5.56 Å². The molecule has 5 nitrogen and oxygen atoms in total. The lowest BCUT2D eigenvalue weighted by Gasteiger charge is -2.13. The van der Waals surface area contributed by atoms with E-state index in [0.717, 1.165) is 0 Å². The first-order chi connectivity index (χ1) is 10.1. The summed E-state index contributed by atoms with van der Waals surface area (Å²) in [5, 5.41) is 0. The topological polar surface area (TPSA) is 72.5 Å². The van der Waals surface area contributed by atoms with Crippen LogP contribution in [-0.2, 0) is 21.3 Å². The van der Waals surface area contributed by atoms with Crippen molar-refractivity contribution in [2.45, 2.75) is 5.44 Å². The summed E-state index contributed by atoms with van der Waals surface area (Å²) >= 11 is 0.143. The molecule has 1 heterocycles. The minimum Gasteiger partial charge on any atom is -0.466 e. The summed E-state index contributed by atoms with van der Waals surface area (Å²) < 4.78 is 44.0. The molecule has 0 radical (unpaired) electrons. The van der Waals surface area contributed by atoms with Crippen molar-refractivity contribution in [1.29, 1.82) is 0 Å². The number of benzene rings is 2. The predicted octanol–water partition coefficient (Wildman–Crippen LogP) is 1.58. The molecule has 0 aromatic heterocycles. The van der Waals surface area contributed by atoms with Crippen LogP contribution in [0.25, 0.3) is 0 Å². The number of rotatable bonds is 3. The highest BCUT2D eigenvalue weighted by atomic mass is 32.2. The van der Waals surface area contributed by atoms with E-state index in [1.807, 2.05) is 0 Å². The van der Waals surface area contributed by atoms with Gasteiger partial charge >= 0.3 is 0 Å². The summed E-state index contributed by atoms with van der Waals surface area (Å²) in [6.07, 6.45) is 0. The Morgan fingerprint density at radius 3 is 2.38 bits per heavy atom. The van der Waals surface area contributed by atoms with Crippen LogP contribution >= 0.6 is 0 Å². The molecule has 0 spiro atoms. The van der Waals surface area contributed by atoms with Crippen LogP contribution in [0, 0.1) is 0 Å². The van der Waals surface area contributed by atoms with Crippen molar-refractivity contribution in [3.8, 4) is 5.75 Å². The minimum atomic E-state index is -3.87. The Kier molecular flexibility index (Phi) is 3.52. The minimum absolute atomic E-state index is 0.143. The average molecular weight is 321 g/mol. The van der Waals surface area contributed by atoms with Gasteiger partial charge in [0.1, 0.15) is 10.6 Å². The van der Waals surface area contributed by atoms with Crippen LogP contribution in [0.3, 0.4) is 0 Å². The lowest BCUT2D eigenvalue weighted by Crippen LogP contribution is -2.36. The molecule has 1 aliphatic heterocycles. The maximum atomic E-state index is 12.4. The third-order valence-electron chi connectivity index (χ3n) is 3.01. The molecule has 0 amide bonds. The normalized spacial score (nSPS) is 17.0. The fourth-order valence-corrected chi connectivity index (χ4v) is 4.17. The number of fused-ring (bicyclic) bond motifs is 1. The van der Waals surface area contributed by atoms with Gasteiger partial charge < -0.3 is 4.74 Å². The Morgan fingerprint density at radius 1 is 1.00 bits per heavy atom. The standard InChI is InChI=1S/C14H11NO4S2/c16-20-13-11-8-4-5-9-12(11)19-14(13)21(17,18)15-10-6-2-1-3-7-10/h1-9,14-15H. The summed E-state index contributed by atoms with van der Waals surface area (Å²) in [6, 6.07) is 15.3. The second kappa shape index (κ2) is 5.34. The molecule has 1 N–H and O–H groups in total. The van der Waals surface area contributed by atoms with E-state index in [-0.39, 0.29) is 16.1 Å². The Bertz CT molecular complexity index is 827. The van der Waals surface area contributed by atoms with Crippen molar-refractivity contribution < 1.29 is 17.4 Å². The quantitative estimate of drug-likeness (QED) is 0.871. The molecule has 2 aromatic rings. The number of nitrogens with one attached hydrogen (secondary N) is 1. The van der Waals surface area contributed by atoms with Gasteiger partial charge in [-0.25, -0.2) is 12.6 Å². The van der Waals surface area contributed by atoms with E-state index in [9.17, 15) is 12.6 Å². The third kappa shape index (κ3) is 2.57. The van der Waals surface area contributed by atoms with Crippen molar-refractivity contribution in [3.05, 3.63) is 60.2 Å². The summed E-state index contributed by atoms with van der Waals surface area (Å²) in [5.74, 6) is 0.402. The molecule has 3 rings (SSSR count). The highest BCUT2D eigenvalue weighted by molar-refractivity contribution is 7.94. The Hall–Kier alpha value is -2.12. The monoisotopic (exact) mass is 321 g/mol. The largest absolute Gasteiger partial charge is 0.466 e. The van der Waals surface area contributed by atoms with E-state index < -0.39 is 15.5 Å². The van der Waals surface area contributed by atoms with Gasteiger partial charge in [-0.15, -0.1) is 0 Å². The number of sulfonamides is 1. The van der Waals surface area contributed by atoms with E-state index >= 15 is 0 Å². The van der Waals surface area contributed by atoms with Crippen LogP contribution in [0.2, 0.25) is 0 Å². The summed E-state index contributed by atoms with van der Waals surface area (Å²) in [7, 11) is -3.87. The SMILES string of the molecule is O=S=C1c2ccccc2OC1S(=O)(=O)Nc1ccccc1.